The van der Waals surface area contributed by atoms with Crippen LogP contribution in [0.2, 0.25) is 0 Å². The van der Waals surface area contributed by atoms with Gasteiger partial charge in [-0.25, -0.2) is 4.98 Å². The van der Waals surface area contributed by atoms with E-state index >= 15 is 0 Å². The summed E-state index contributed by atoms with van der Waals surface area (Å²) in [5.41, 5.74) is 2.47. The van der Waals surface area contributed by atoms with Crippen molar-refractivity contribution in [1.82, 2.24) is 14.8 Å². The summed E-state index contributed by atoms with van der Waals surface area (Å²) in [6, 6.07) is 5.70. The first-order valence-electron chi connectivity index (χ1n) is 8.98. The van der Waals surface area contributed by atoms with Gasteiger partial charge < -0.3 is 14.2 Å². The van der Waals surface area contributed by atoms with E-state index in [9.17, 15) is 9.59 Å². The van der Waals surface area contributed by atoms with Gasteiger partial charge in [0.25, 0.3) is 0 Å². The monoisotopic (exact) mass is 343 g/mol. The Morgan fingerprint density at radius 1 is 1.12 bits per heavy atom. The third-order valence-electron chi connectivity index (χ3n) is 4.58. The smallest absolute Gasteiger partial charge is 0.227 e. The first-order chi connectivity index (χ1) is 12.1. The van der Waals surface area contributed by atoms with E-state index in [0.29, 0.717) is 38.4 Å². The minimum absolute atomic E-state index is 0.101. The molecule has 0 atom stereocenters. The van der Waals surface area contributed by atoms with Crippen molar-refractivity contribution in [3.63, 3.8) is 0 Å². The number of oxazole rings is 1. The average molecular weight is 343 g/mol. The first kappa shape index (κ1) is 17.5. The van der Waals surface area contributed by atoms with Crippen LogP contribution in [0.3, 0.4) is 0 Å². The molecule has 0 spiro atoms. The molecule has 0 saturated carbocycles. The summed E-state index contributed by atoms with van der Waals surface area (Å²) >= 11 is 0. The summed E-state index contributed by atoms with van der Waals surface area (Å²) in [5, 5.41) is 0. The molecule has 6 heteroatoms. The van der Waals surface area contributed by atoms with Gasteiger partial charge in [0.15, 0.2) is 11.5 Å². The zero-order chi connectivity index (χ0) is 17.8. The number of carbonyl (C=O) groups is 2. The molecule has 0 bridgehead atoms. The number of aromatic nitrogens is 1. The van der Waals surface area contributed by atoms with Crippen LogP contribution in [0.4, 0.5) is 0 Å². The van der Waals surface area contributed by atoms with Gasteiger partial charge in [-0.15, -0.1) is 0 Å². The van der Waals surface area contributed by atoms with Gasteiger partial charge in [0.05, 0.1) is 6.42 Å². The molecule has 134 valence electrons. The van der Waals surface area contributed by atoms with Gasteiger partial charge in [-0.1, -0.05) is 13.0 Å². The lowest BCUT2D eigenvalue weighted by Crippen LogP contribution is -2.37. The van der Waals surface area contributed by atoms with E-state index in [-0.39, 0.29) is 11.8 Å². The lowest BCUT2D eigenvalue weighted by Gasteiger charge is -2.22. The van der Waals surface area contributed by atoms with Gasteiger partial charge in [-0.2, -0.15) is 0 Å². The third kappa shape index (κ3) is 4.18. The number of nitrogens with zero attached hydrogens (tertiary/aromatic N) is 3. The van der Waals surface area contributed by atoms with Crippen LogP contribution in [-0.4, -0.2) is 52.8 Å². The second-order valence-electron chi connectivity index (χ2n) is 6.58. The molecule has 0 N–H and O–H groups in total. The van der Waals surface area contributed by atoms with E-state index in [1.807, 2.05) is 41.8 Å². The third-order valence-corrected chi connectivity index (χ3v) is 4.58. The van der Waals surface area contributed by atoms with Crippen LogP contribution in [0.15, 0.2) is 22.6 Å². The molecule has 0 aliphatic carbocycles. The van der Waals surface area contributed by atoms with Crippen molar-refractivity contribution < 1.29 is 14.0 Å². The number of benzene rings is 1. The Morgan fingerprint density at radius 3 is 2.56 bits per heavy atom. The van der Waals surface area contributed by atoms with Crippen LogP contribution in [-0.2, 0) is 16.0 Å². The zero-order valence-electron chi connectivity index (χ0n) is 15.0. The van der Waals surface area contributed by atoms with Crippen molar-refractivity contribution in [2.24, 2.45) is 0 Å². The predicted molar refractivity (Wildman–Crippen MR) is 95.1 cm³/mol. The highest BCUT2D eigenvalue weighted by molar-refractivity contribution is 5.81. The fourth-order valence-electron chi connectivity index (χ4n) is 3.27. The van der Waals surface area contributed by atoms with Crippen LogP contribution in [0.5, 0.6) is 0 Å². The van der Waals surface area contributed by atoms with Crippen molar-refractivity contribution in [2.45, 2.75) is 39.5 Å². The molecule has 1 aromatic heterocycles. The van der Waals surface area contributed by atoms with E-state index < -0.39 is 0 Å². The Labute approximate surface area is 147 Å². The standard InChI is InChI=1S/C19H25N3O3/c1-3-5-18(23)21-8-4-9-22(11-10-21)19(24)13-15-6-7-17-16(12-15)20-14(2)25-17/h6-7,12H,3-5,8-11,13H2,1-2H3. The second-order valence-corrected chi connectivity index (χ2v) is 6.58. The topological polar surface area (TPSA) is 66.7 Å². The lowest BCUT2D eigenvalue weighted by molar-refractivity contribution is -0.133. The summed E-state index contributed by atoms with van der Waals surface area (Å²) in [6.45, 7) is 6.52. The fourth-order valence-corrected chi connectivity index (χ4v) is 3.27. The molecule has 1 fully saturated rings. The maximum atomic E-state index is 12.6. The van der Waals surface area contributed by atoms with E-state index in [0.717, 1.165) is 36.0 Å². The first-order valence-corrected chi connectivity index (χ1v) is 8.98. The zero-order valence-corrected chi connectivity index (χ0v) is 15.0. The van der Waals surface area contributed by atoms with Crippen molar-refractivity contribution in [3.05, 3.63) is 29.7 Å². The molecule has 1 saturated heterocycles. The molecule has 0 unspecified atom stereocenters. The number of hydrogen-bond donors (Lipinski definition) is 0. The Balaban J connectivity index is 1.61. The number of fused-ring (bicyclic) bond motifs is 1. The summed E-state index contributed by atoms with van der Waals surface area (Å²) in [4.78, 5) is 32.8. The second kappa shape index (κ2) is 7.68. The SMILES string of the molecule is CCCC(=O)N1CCCN(C(=O)Cc2ccc3oc(C)nc3c2)CC1. The van der Waals surface area contributed by atoms with Crippen LogP contribution in [0.25, 0.3) is 11.1 Å². The average Bonchev–Trinajstić information content (AvgIpc) is 2.79. The van der Waals surface area contributed by atoms with Gasteiger partial charge in [-0.05, 0) is 30.5 Å². The van der Waals surface area contributed by atoms with Crippen molar-refractivity contribution >= 4 is 22.9 Å². The summed E-state index contributed by atoms with van der Waals surface area (Å²) < 4.78 is 5.47. The molecular formula is C19H25N3O3. The summed E-state index contributed by atoms with van der Waals surface area (Å²) in [6.07, 6.45) is 2.64. The maximum Gasteiger partial charge on any atom is 0.227 e. The molecule has 2 heterocycles. The molecule has 3 rings (SSSR count). The molecule has 1 aliphatic heterocycles. The van der Waals surface area contributed by atoms with Crippen LogP contribution in [0, 0.1) is 6.92 Å². The van der Waals surface area contributed by atoms with Gasteiger partial charge in [0.1, 0.15) is 5.52 Å². The van der Waals surface area contributed by atoms with Crippen LogP contribution >= 0.6 is 0 Å². The predicted octanol–water partition coefficient (Wildman–Crippen LogP) is 2.54. The van der Waals surface area contributed by atoms with Crippen molar-refractivity contribution in [2.75, 3.05) is 26.2 Å². The van der Waals surface area contributed by atoms with Gasteiger partial charge in [0, 0.05) is 39.5 Å². The normalized spacial score (nSPS) is 15.4. The van der Waals surface area contributed by atoms with Crippen LogP contribution in [0.1, 0.15) is 37.6 Å². The Kier molecular flexibility index (Phi) is 5.36. The molecule has 2 aromatic rings. The van der Waals surface area contributed by atoms with Gasteiger partial charge in [-0.3, -0.25) is 9.59 Å². The number of carbonyl (C=O) groups excluding carboxylic acids is 2. The molecular weight excluding hydrogens is 318 g/mol. The minimum atomic E-state index is 0.101. The van der Waals surface area contributed by atoms with Crippen LogP contribution < -0.4 is 0 Å². The molecule has 0 radical (unpaired) electrons. The fraction of sp³-hybridized carbons (Fsp3) is 0.526. The maximum absolute atomic E-state index is 12.6. The quantitative estimate of drug-likeness (QED) is 0.856. The number of rotatable bonds is 4. The largest absolute Gasteiger partial charge is 0.441 e. The highest BCUT2D eigenvalue weighted by atomic mass is 16.3. The highest BCUT2D eigenvalue weighted by Gasteiger charge is 2.21. The molecule has 1 aromatic carbocycles. The van der Waals surface area contributed by atoms with Crippen molar-refractivity contribution in [3.8, 4) is 0 Å². The van der Waals surface area contributed by atoms with E-state index in [4.69, 9.17) is 4.42 Å². The number of amides is 2. The van der Waals surface area contributed by atoms with Crippen molar-refractivity contribution in [1.29, 1.82) is 0 Å². The van der Waals surface area contributed by atoms with E-state index in [1.165, 1.54) is 0 Å². The number of aryl methyl sites for hydroxylation is 1. The lowest BCUT2D eigenvalue weighted by atomic mass is 10.1. The minimum Gasteiger partial charge on any atom is -0.441 e. The molecule has 6 nitrogen and oxygen atoms in total. The number of hydrogen-bond acceptors (Lipinski definition) is 4. The summed E-state index contributed by atoms with van der Waals surface area (Å²) in [7, 11) is 0. The molecule has 25 heavy (non-hydrogen) atoms. The van der Waals surface area contributed by atoms with E-state index in [1.54, 1.807) is 0 Å². The Hall–Kier alpha value is -2.37. The highest BCUT2D eigenvalue weighted by Crippen LogP contribution is 2.18. The molecule has 2 amide bonds. The van der Waals surface area contributed by atoms with E-state index in [2.05, 4.69) is 4.98 Å². The molecule has 1 aliphatic rings. The van der Waals surface area contributed by atoms with Gasteiger partial charge >= 0.3 is 0 Å². The Morgan fingerprint density at radius 2 is 1.84 bits per heavy atom. The summed E-state index contributed by atoms with van der Waals surface area (Å²) in [5.74, 6) is 0.927. The van der Waals surface area contributed by atoms with Gasteiger partial charge in [0.2, 0.25) is 11.8 Å². The Bertz CT molecular complexity index is 768.